The highest BCUT2D eigenvalue weighted by atomic mass is 32.2. The lowest BCUT2D eigenvalue weighted by Crippen LogP contribution is -2.03. The van der Waals surface area contributed by atoms with Crippen molar-refractivity contribution in [3.63, 3.8) is 0 Å². The van der Waals surface area contributed by atoms with Crippen molar-refractivity contribution in [3.8, 4) is 17.1 Å². The average Bonchev–Trinajstić information content (AvgIpc) is 3.35. The standard InChI is InChI=1S/C22H22N4O2S/c1-4-14-7-6-10-17-18(12-23-20(14)17)19(27)13-29-22-25-24-21(26(22)2)15-8-5-9-16(11-15)28-3/h5-12,23H,4,13H2,1-3H3. The Labute approximate surface area is 173 Å². The molecule has 0 spiro atoms. The molecule has 148 valence electrons. The third-order valence-corrected chi connectivity index (χ3v) is 6.00. The first-order chi connectivity index (χ1) is 14.1. The minimum atomic E-state index is 0.0698. The molecule has 0 amide bonds. The fourth-order valence-electron chi connectivity index (χ4n) is 3.40. The fourth-order valence-corrected chi connectivity index (χ4v) is 4.20. The van der Waals surface area contributed by atoms with Gasteiger partial charge in [0.15, 0.2) is 16.8 Å². The van der Waals surface area contributed by atoms with E-state index in [9.17, 15) is 4.79 Å². The van der Waals surface area contributed by atoms with Gasteiger partial charge in [0.2, 0.25) is 0 Å². The van der Waals surface area contributed by atoms with Crippen LogP contribution in [-0.2, 0) is 13.5 Å². The van der Waals surface area contributed by atoms with Crippen molar-refractivity contribution in [2.75, 3.05) is 12.9 Å². The minimum Gasteiger partial charge on any atom is -0.497 e. The van der Waals surface area contributed by atoms with Crippen molar-refractivity contribution in [1.29, 1.82) is 0 Å². The van der Waals surface area contributed by atoms with Gasteiger partial charge >= 0.3 is 0 Å². The van der Waals surface area contributed by atoms with Gasteiger partial charge in [0.25, 0.3) is 0 Å². The van der Waals surface area contributed by atoms with Crippen LogP contribution >= 0.6 is 11.8 Å². The maximum Gasteiger partial charge on any atom is 0.191 e. The largest absolute Gasteiger partial charge is 0.497 e. The van der Waals surface area contributed by atoms with Crippen molar-refractivity contribution in [2.45, 2.75) is 18.5 Å². The van der Waals surface area contributed by atoms with Gasteiger partial charge in [-0.25, -0.2) is 0 Å². The monoisotopic (exact) mass is 406 g/mol. The summed E-state index contributed by atoms with van der Waals surface area (Å²) >= 11 is 1.39. The summed E-state index contributed by atoms with van der Waals surface area (Å²) in [4.78, 5) is 16.1. The number of ketones is 1. The van der Waals surface area contributed by atoms with Crippen LogP contribution in [0.3, 0.4) is 0 Å². The Kier molecular flexibility index (Phi) is 5.40. The number of aryl methyl sites for hydroxylation is 1. The van der Waals surface area contributed by atoms with Crippen LogP contribution < -0.4 is 4.74 Å². The summed E-state index contributed by atoms with van der Waals surface area (Å²) in [6.45, 7) is 2.11. The second-order valence-corrected chi connectivity index (χ2v) is 7.65. The van der Waals surface area contributed by atoms with Gasteiger partial charge in [-0.05, 0) is 24.1 Å². The molecule has 6 nitrogen and oxygen atoms in total. The molecule has 7 heteroatoms. The Morgan fingerprint density at radius 1 is 1.21 bits per heavy atom. The van der Waals surface area contributed by atoms with E-state index >= 15 is 0 Å². The molecule has 0 aliphatic heterocycles. The Morgan fingerprint density at radius 2 is 2.03 bits per heavy atom. The highest BCUT2D eigenvalue weighted by Gasteiger charge is 2.17. The molecule has 29 heavy (non-hydrogen) atoms. The van der Waals surface area contributed by atoms with Crippen LogP contribution in [0.1, 0.15) is 22.8 Å². The number of Topliss-reactive ketones (excluding diaryl/α,β-unsaturated/α-hetero) is 1. The van der Waals surface area contributed by atoms with Crippen LogP contribution in [0.4, 0.5) is 0 Å². The molecule has 4 rings (SSSR count). The van der Waals surface area contributed by atoms with Crippen LogP contribution in [-0.4, -0.2) is 38.4 Å². The summed E-state index contributed by atoms with van der Waals surface area (Å²) in [7, 11) is 3.54. The number of nitrogens with zero attached hydrogens (tertiary/aromatic N) is 3. The van der Waals surface area contributed by atoms with Crippen molar-refractivity contribution in [2.24, 2.45) is 7.05 Å². The van der Waals surface area contributed by atoms with E-state index in [-0.39, 0.29) is 5.78 Å². The number of methoxy groups -OCH3 is 1. The number of hydrogen-bond donors (Lipinski definition) is 1. The summed E-state index contributed by atoms with van der Waals surface area (Å²) in [6.07, 6.45) is 2.73. The van der Waals surface area contributed by atoms with E-state index in [0.29, 0.717) is 10.9 Å². The fraction of sp³-hybridized carbons (Fsp3) is 0.227. The molecule has 2 heterocycles. The number of fused-ring (bicyclic) bond motifs is 1. The third-order valence-electron chi connectivity index (χ3n) is 4.98. The SMILES string of the molecule is CCc1cccc2c(C(=O)CSc3nnc(-c4cccc(OC)c4)n3C)c[nH]c12. The first-order valence-electron chi connectivity index (χ1n) is 9.41. The number of aromatic nitrogens is 4. The second-order valence-electron chi connectivity index (χ2n) is 6.70. The molecule has 4 aromatic rings. The van der Waals surface area contributed by atoms with Crippen molar-refractivity contribution >= 4 is 28.4 Å². The van der Waals surface area contributed by atoms with Gasteiger partial charge in [-0.15, -0.1) is 10.2 Å². The predicted molar refractivity (Wildman–Crippen MR) is 116 cm³/mol. The normalized spacial score (nSPS) is 11.1. The number of hydrogen-bond acceptors (Lipinski definition) is 5. The smallest absolute Gasteiger partial charge is 0.191 e. The minimum absolute atomic E-state index is 0.0698. The number of carbonyl (C=O) groups excluding carboxylic acids is 1. The summed E-state index contributed by atoms with van der Waals surface area (Å²) in [5.74, 6) is 1.87. The number of para-hydroxylation sites is 1. The molecule has 0 atom stereocenters. The molecule has 0 saturated carbocycles. The predicted octanol–water partition coefficient (Wildman–Crippen LogP) is 4.51. The molecule has 2 aromatic carbocycles. The molecule has 0 bridgehead atoms. The van der Waals surface area contributed by atoms with Crippen LogP contribution in [0.5, 0.6) is 5.75 Å². The highest BCUT2D eigenvalue weighted by Crippen LogP contribution is 2.27. The van der Waals surface area contributed by atoms with Gasteiger partial charge in [0.05, 0.1) is 12.9 Å². The van der Waals surface area contributed by atoms with E-state index < -0.39 is 0 Å². The molecule has 2 aromatic heterocycles. The molecule has 0 saturated heterocycles. The molecular formula is C22H22N4O2S. The van der Waals surface area contributed by atoms with Crippen LogP contribution in [0.15, 0.2) is 53.8 Å². The Balaban J connectivity index is 1.53. The van der Waals surface area contributed by atoms with Crippen molar-refractivity contribution in [3.05, 3.63) is 59.8 Å². The van der Waals surface area contributed by atoms with Gasteiger partial charge in [0, 0.05) is 35.3 Å². The maximum absolute atomic E-state index is 12.8. The van der Waals surface area contributed by atoms with Gasteiger partial charge in [-0.2, -0.15) is 0 Å². The molecule has 0 aliphatic rings. The Hall–Kier alpha value is -3.06. The molecule has 0 unspecified atom stereocenters. The average molecular weight is 407 g/mol. The highest BCUT2D eigenvalue weighted by molar-refractivity contribution is 7.99. The van der Waals surface area contributed by atoms with Crippen LogP contribution in [0, 0.1) is 0 Å². The lowest BCUT2D eigenvalue weighted by Gasteiger charge is -2.05. The molecule has 0 aliphatic carbocycles. The zero-order chi connectivity index (χ0) is 20.4. The number of H-pyrrole nitrogens is 1. The van der Waals surface area contributed by atoms with Crippen LogP contribution in [0.25, 0.3) is 22.3 Å². The number of rotatable bonds is 7. The topological polar surface area (TPSA) is 72.8 Å². The lowest BCUT2D eigenvalue weighted by atomic mass is 10.1. The van der Waals surface area contributed by atoms with E-state index in [1.807, 2.05) is 54.2 Å². The quantitative estimate of drug-likeness (QED) is 0.361. The number of aromatic amines is 1. The zero-order valence-corrected chi connectivity index (χ0v) is 17.4. The Morgan fingerprint density at radius 3 is 2.83 bits per heavy atom. The number of ether oxygens (including phenoxy) is 1. The van der Waals surface area contributed by atoms with E-state index in [0.717, 1.165) is 40.0 Å². The second kappa shape index (κ2) is 8.13. The van der Waals surface area contributed by atoms with Crippen molar-refractivity contribution in [1.82, 2.24) is 19.7 Å². The number of benzene rings is 2. The zero-order valence-electron chi connectivity index (χ0n) is 16.6. The van der Waals surface area contributed by atoms with Gasteiger partial charge < -0.3 is 14.3 Å². The number of nitrogens with one attached hydrogen (secondary N) is 1. The molecule has 0 fully saturated rings. The number of carbonyl (C=O) groups is 1. The number of thioether (sulfide) groups is 1. The van der Waals surface area contributed by atoms with Gasteiger partial charge in [0.1, 0.15) is 5.75 Å². The van der Waals surface area contributed by atoms with Gasteiger partial charge in [-0.3, -0.25) is 4.79 Å². The van der Waals surface area contributed by atoms with E-state index in [1.165, 1.54) is 17.3 Å². The molecular weight excluding hydrogens is 384 g/mol. The molecule has 1 N–H and O–H groups in total. The van der Waals surface area contributed by atoms with Gasteiger partial charge in [-0.1, -0.05) is 49.0 Å². The molecule has 0 radical (unpaired) electrons. The van der Waals surface area contributed by atoms with Crippen molar-refractivity contribution < 1.29 is 9.53 Å². The third kappa shape index (κ3) is 3.65. The van der Waals surface area contributed by atoms with E-state index in [2.05, 4.69) is 28.2 Å². The maximum atomic E-state index is 12.8. The summed E-state index contributed by atoms with van der Waals surface area (Å²) < 4.78 is 7.18. The summed E-state index contributed by atoms with van der Waals surface area (Å²) in [5.41, 5.74) is 3.90. The van der Waals surface area contributed by atoms with E-state index in [4.69, 9.17) is 4.74 Å². The Bertz CT molecular complexity index is 1180. The summed E-state index contributed by atoms with van der Waals surface area (Å²) in [6, 6.07) is 13.8. The lowest BCUT2D eigenvalue weighted by molar-refractivity contribution is 0.102. The van der Waals surface area contributed by atoms with E-state index in [1.54, 1.807) is 7.11 Å². The van der Waals surface area contributed by atoms with Crippen LogP contribution in [0.2, 0.25) is 0 Å². The first-order valence-corrected chi connectivity index (χ1v) is 10.4. The first kappa shape index (κ1) is 19.3. The summed E-state index contributed by atoms with van der Waals surface area (Å²) in [5, 5.41) is 10.2.